The van der Waals surface area contributed by atoms with Gasteiger partial charge in [-0.05, 0) is 50.1 Å². The van der Waals surface area contributed by atoms with Crippen LogP contribution in [0.25, 0.3) is 5.57 Å². The highest BCUT2D eigenvalue weighted by molar-refractivity contribution is 5.63. The van der Waals surface area contributed by atoms with Crippen LogP contribution in [-0.2, 0) is 0 Å². The molecule has 0 radical (unpaired) electrons. The van der Waals surface area contributed by atoms with Crippen LogP contribution in [0.1, 0.15) is 31.9 Å². The van der Waals surface area contributed by atoms with E-state index in [9.17, 15) is 4.39 Å². The molecule has 0 aliphatic carbocycles. The van der Waals surface area contributed by atoms with E-state index in [-0.39, 0.29) is 5.82 Å². The lowest BCUT2D eigenvalue weighted by Crippen LogP contribution is -1.85. The molecule has 1 rings (SSSR count). The van der Waals surface area contributed by atoms with Crippen LogP contribution in [0.2, 0.25) is 0 Å². The molecule has 0 aliphatic heterocycles. The normalized spacial score (nSPS) is 10.6. The highest BCUT2D eigenvalue weighted by Crippen LogP contribution is 2.15. The Hall–Kier alpha value is -1.81. The van der Waals surface area contributed by atoms with E-state index in [4.69, 9.17) is 0 Å². The predicted octanol–water partition coefficient (Wildman–Crippen LogP) is 4.18. The van der Waals surface area contributed by atoms with Crippen molar-refractivity contribution in [2.24, 2.45) is 0 Å². The highest BCUT2D eigenvalue weighted by atomic mass is 19.1. The molecule has 0 N–H and O–H groups in total. The number of allylic oxidation sites excluding steroid dienone is 3. The van der Waals surface area contributed by atoms with E-state index in [0.29, 0.717) is 5.56 Å². The minimum absolute atomic E-state index is 0.275. The molecule has 0 atom stereocenters. The molecule has 0 amide bonds. The zero-order valence-electron chi connectivity index (χ0n) is 9.89. The standard InChI is InChI=1S/C15H15F/c1-5-12(4)6-7-13-8-14(11(2)3)10-15(16)9-13/h5,8-10H,2H2,1,3-4H3. The van der Waals surface area contributed by atoms with Crippen LogP contribution in [0.15, 0.2) is 36.4 Å². The van der Waals surface area contributed by atoms with Crippen LogP contribution in [0.5, 0.6) is 0 Å². The van der Waals surface area contributed by atoms with Crippen LogP contribution in [-0.4, -0.2) is 0 Å². The maximum Gasteiger partial charge on any atom is 0.125 e. The largest absolute Gasteiger partial charge is 0.207 e. The predicted molar refractivity (Wildman–Crippen MR) is 67.4 cm³/mol. The quantitative estimate of drug-likeness (QED) is 0.615. The fourth-order valence-electron chi connectivity index (χ4n) is 1.15. The van der Waals surface area contributed by atoms with Crippen LogP contribution >= 0.6 is 0 Å². The zero-order valence-corrected chi connectivity index (χ0v) is 9.89. The van der Waals surface area contributed by atoms with E-state index in [0.717, 1.165) is 16.7 Å². The molecular formula is C15H15F. The molecular weight excluding hydrogens is 199 g/mol. The van der Waals surface area contributed by atoms with Gasteiger partial charge in [-0.3, -0.25) is 0 Å². The summed E-state index contributed by atoms with van der Waals surface area (Å²) in [5, 5.41) is 0. The van der Waals surface area contributed by atoms with Crippen molar-refractivity contribution >= 4 is 5.57 Å². The second kappa shape index (κ2) is 5.32. The Morgan fingerprint density at radius 1 is 1.31 bits per heavy atom. The smallest absolute Gasteiger partial charge is 0.125 e. The summed E-state index contributed by atoms with van der Waals surface area (Å²) in [5.74, 6) is 5.61. The molecule has 0 saturated carbocycles. The van der Waals surface area contributed by atoms with Crippen molar-refractivity contribution in [2.45, 2.75) is 20.8 Å². The SMILES string of the molecule is C=C(C)c1cc(F)cc(C#CC(C)=CC)c1. The molecule has 1 aromatic rings. The number of rotatable bonds is 1. The van der Waals surface area contributed by atoms with Gasteiger partial charge >= 0.3 is 0 Å². The van der Waals surface area contributed by atoms with Crippen molar-refractivity contribution in [1.29, 1.82) is 0 Å². The lowest BCUT2D eigenvalue weighted by Gasteiger charge is -2.00. The Morgan fingerprint density at radius 3 is 2.56 bits per heavy atom. The van der Waals surface area contributed by atoms with E-state index in [2.05, 4.69) is 18.4 Å². The lowest BCUT2D eigenvalue weighted by molar-refractivity contribution is 0.627. The Morgan fingerprint density at radius 2 is 2.00 bits per heavy atom. The van der Waals surface area contributed by atoms with Crippen molar-refractivity contribution in [2.75, 3.05) is 0 Å². The van der Waals surface area contributed by atoms with Gasteiger partial charge in [-0.1, -0.05) is 30.1 Å². The third kappa shape index (κ3) is 3.40. The highest BCUT2D eigenvalue weighted by Gasteiger charge is 1.99. The topological polar surface area (TPSA) is 0 Å². The fourth-order valence-corrected chi connectivity index (χ4v) is 1.15. The van der Waals surface area contributed by atoms with Crippen LogP contribution < -0.4 is 0 Å². The fraction of sp³-hybridized carbons (Fsp3) is 0.200. The number of benzene rings is 1. The van der Waals surface area contributed by atoms with E-state index in [1.54, 1.807) is 0 Å². The third-order valence-electron chi connectivity index (χ3n) is 2.23. The van der Waals surface area contributed by atoms with Gasteiger partial charge in [-0.25, -0.2) is 4.39 Å². The Balaban J connectivity index is 3.14. The summed E-state index contributed by atoms with van der Waals surface area (Å²) in [6, 6.07) is 4.75. The van der Waals surface area contributed by atoms with Gasteiger partial charge in [0.15, 0.2) is 0 Å². The van der Waals surface area contributed by atoms with Crippen molar-refractivity contribution in [3.8, 4) is 11.8 Å². The minimum Gasteiger partial charge on any atom is -0.207 e. The summed E-state index contributed by atoms with van der Waals surface area (Å²) < 4.78 is 13.3. The molecule has 82 valence electrons. The first kappa shape index (κ1) is 12.3. The van der Waals surface area contributed by atoms with E-state index in [1.165, 1.54) is 12.1 Å². The second-order valence-electron chi connectivity index (χ2n) is 3.73. The molecule has 16 heavy (non-hydrogen) atoms. The van der Waals surface area contributed by atoms with Gasteiger partial charge in [0.25, 0.3) is 0 Å². The van der Waals surface area contributed by atoms with Gasteiger partial charge in [0.1, 0.15) is 5.82 Å². The average Bonchev–Trinajstić information content (AvgIpc) is 2.25. The Kier molecular flexibility index (Phi) is 4.08. The van der Waals surface area contributed by atoms with Crippen LogP contribution in [0.4, 0.5) is 4.39 Å². The van der Waals surface area contributed by atoms with E-state index in [1.807, 2.05) is 32.9 Å². The van der Waals surface area contributed by atoms with Gasteiger partial charge < -0.3 is 0 Å². The van der Waals surface area contributed by atoms with Crippen molar-refractivity contribution in [1.82, 2.24) is 0 Å². The third-order valence-corrected chi connectivity index (χ3v) is 2.23. The second-order valence-corrected chi connectivity index (χ2v) is 3.73. The summed E-state index contributed by atoms with van der Waals surface area (Å²) >= 11 is 0. The average molecular weight is 214 g/mol. The maximum atomic E-state index is 13.3. The molecule has 1 heteroatoms. The van der Waals surface area contributed by atoms with Crippen molar-refractivity contribution in [3.05, 3.63) is 53.4 Å². The molecule has 0 aliphatic rings. The van der Waals surface area contributed by atoms with E-state index < -0.39 is 0 Å². The monoisotopic (exact) mass is 214 g/mol. The number of hydrogen-bond donors (Lipinski definition) is 0. The first-order valence-electron chi connectivity index (χ1n) is 5.14. The zero-order chi connectivity index (χ0) is 12.1. The molecule has 1 aromatic carbocycles. The van der Waals surface area contributed by atoms with Crippen LogP contribution in [0, 0.1) is 17.7 Å². The number of halogens is 1. The first-order chi connectivity index (χ1) is 7.52. The molecule has 0 bridgehead atoms. The van der Waals surface area contributed by atoms with Gasteiger partial charge in [-0.15, -0.1) is 0 Å². The summed E-state index contributed by atoms with van der Waals surface area (Å²) in [6.07, 6.45) is 1.92. The molecule has 0 nitrogen and oxygen atoms in total. The Labute approximate surface area is 96.5 Å². The molecule has 0 heterocycles. The first-order valence-corrected chi connectivity index (χ1v) is 5.14. The molecule has 0 fully saturated rings. The molecule has 0 spiro atoms. The van der Waals surface area contributed by atoms with Crippen molar-refractivity contribution in [3.63, 3.8) is 0 Å². The summed E-state index contributed by atoms with van der Waals surface area (Å²) in [4.78, 5) is 0. The number of hydrogen-bond acceptors (Lipinski definition) is 0. The van der Waals surface area contributed by atoms with Crippen LogP contribution in [0.3, 0.4) is 0 Å². The lowest BCUT2D eigenvalue weighted by atomic mass is 10.1. The summed E-state index contributed by atoms with van der Waals surface area (Å²) in [7, 11) is 0. The van der Waals surface area contributed by atoms with Gasteiger partial charge in [0, 0.05) is 5.56 Å². The molecule has 0 saturated heterocycles. The molecule has 0 unspecified atom stereocenters. The van der Waals surface area contributed by atoms with Gasteiger partial charge in [0.2, 0.25) is 0 Å². The van der Waals surface area contributed by atoms with Crippen molar-refractivity contribution < 1.29 is 4.39 Å². The van der Waals surface area contributed by atoms with Gasteiger partial charge in [0.05, 0.1) is 0 Å². The summed E-state index contributed by atoms with van der Waals surface area (Å²) in [5.41, 5.74) is 3.29. The maximum absolute atomic E-state index is 13.3. The Bertz CT molecular complexity index is 496. The molecule has 0 aromatic heterocycles. The van der Waals surface area contributed by atoms with E-state index >= 15 is 0 Å². The summed E-state index contributed by atoms with van der Waals surface area (Å²) in [6.45, 7) is 9.49. The minimum atomic E-state index is -0.275. The van der Waals surface area contributed by atoms with Gasteiger partial charge in [-0.2, -0.15) is 0 Å².